The van der Waals surface area contributed by atoms with Gasteiger partial charge in [-0.1, -0.05) is 0 Å². The van der Waals surface area contributed by atoms with Crippen molar-refractivity contribution in [1.29, 1.82) is 0 Å². The van der Waals surface area contributed by atoms with Crippen molar-refractivity contribution >= 4 is 11.8 Å². The summed E-state index contributed by atoms with van der Waals surface area (Å²) in [5.41, 5.74) is 0.995. The van der Waals surface area contributed by atoms with Gasteiger partial charge >= 0.3 is 5.97 Å². The highest BCUT2D eigenvalue weighted by Crippen LogP contribution is 2.43. The van der Waals surface area contributed by atoms with Gasteiger partial charge in [-0.2, -0.15) is 0 Å². The monoisotopic (exact) mass is 520 g/mol. The second kappa shape index (κ2) is 11.8. The molecule has 0 radical (unpaired) electrons. The molecule has 37 heavy (non-hydrogen) atoms. The first-order chi connectivity index (χ1) is 17.5. The van der Waals surface area contributed by atoms with Crippen molar-refractivity contribution in [2.24, 2.45) is 0 Å². The highest BCUT2D eigenvalue weighted by molar-refractivity contribution is 5.96. The third kappa shape index (κ3) is 6.13. The lowest BCUT2D eigenvalue weighted by Gasteiger charge is -2.40. The molecule has 0 saturated carbocycles. The number of rotatable bonds is 9. The summed E-state index contributed by atoms with van der Waals surface area (Å²) in [6.07, 6.45) is -7.79. The zero-order valence-electron chi connectivity index (χ0n) is 21.0. The SMILES string of the molecule is COc1ccc(C(=O)CCc2c(O)c(C)c(O)c(C)c2O[C@@H]2O[C@H](COC(C)=O)[C@@H](O)[C@H](O)[C@H]2O)cc1. The van der Waals surface area contributed by atoms with Gasteiger partial charge < -0.3 is 44.5 Å². The van der Waals surface area contributed by atoms with E-state index >= 15 is 0 Å². The molecule has 5 atom stereocenters. The van der Waals surface area contributed by atoms with Gasteiger partial charge in [-0.05, 0) is 44.5 Å². The molecule has 11 nitrogen and oxygen atoms in total. The molecule has 3 rings (SSSR count). The molecule has 0 amide bonds. The van der Waals surface area contributed by atoms with Crippen molar-refractivity contribution in [3.05, 3.63) is 46.5 Å². The fourth-order valence-corrected chi connectivity index (χ4v) is 4.08. The van der Waals surface area contributed by atoms with Crippen LogP contribution in [0.4, 0.5) is 0 Å². The molecule has 1 saturated heterocycles. The molecule has 2 aromatic rings. The Bertz CT molecular complexity index is 1130. The maximum atomic E-state index is 12.8. The number of hydrogen-bond donors (Lipinski definition) is 5. The minimum atomic E-state index is -1.72. The van der Waals surface area contributed by atoms with E-state index in [1.165, 1.54) is 21.0 Å². The van der Waals surface area contributed by atoms with E-state index in [0.29, 0.717) is 11.3 Å². The third-order valence-electron chi connectivity index (χ3n) is 6.33. The van der Waals surface area contributed by atoms with Gasteiger partial charge in [0.2, 0.25) is 6.29 Å². The normalized spacial score (nSPS) is 23.4. The summed E-state index contributed by atoms with van der Waals surface area (Å²) in [6.45, 7) is 3.77. The Labute approximate surface area is 213 Å². The van der Waals surface area contributed by atoms with Crippen LogP contribution in [0.5, 0.6) is 23.0 Å². The topological polar surface area (TPSA) is 172 Å². The van der Waals surface area contributed by atoms with Gasteiger partial charge in [0.1, 0.15) is 54.0 Å². The van der Waals surface area contributed by atoms with E-state index < -0.39 is 43.3 Å². The van der Waals surface area contributed by atoms with E-state index in [9.17, 15) is 35.1 Å². The predicted molar refractivity (Wildman–Crippen MR) is 129 cm³/mol. The lowest BCUT2D eigenvalue weighted by atomic mass is 9.96. The van der Waals surface area contributed by atoms with Crippen molar-refractivity contribution in [3.8, 4) is 23.0 Å². The van der Waals surface area contributed by atoms with Crippen molar-refractivity contribution in [2.75, 3.05) is 13.7 Å². The molecule has 202 valence electrons. The molecular weight excluding hydrogens is 488 g/mol. The Hall–Kier alpha value is -3.38. The average Bonchev–Trinajstić information content (AvgIpc) is 2.89. The second-order valence-corrected chi connectivity index (χ2v) is 8.84. The largest absolute Gasteiger partial charge is 0.507 e. The Kier molecular flexibility index (Phi) is 8.98. The molecule has 5 N–H and O–H groups in total. The Morgan fingerprint density at radius 3 is 2.19 bits per heavy atom. The van der Waals surface area contributed by atoms with E-state index in [4.69, 9.17) is 18.9 Å². The van der Waals surface area contributed by atoms with Crippen molar-refractivity contribution in [1.82, 2.24) is 0 Å². The second-order valence-electron chi connectivity index (χ2n) is 8.84. The fourth-order valence-electron chi connectivity index (χ4n) is 4.08. The summed E-state index contributed by atoms with van der Waals surface area (Å²) in [5.74, 6) is -0.877. The van der Waals surface area contributed by atoms with Crippen LogP contribution in [0.2, 0.25) is 0 Å². The van der Waals surface area contributed by atoms with Crippen LogP contribution in [0, 0.1) is 13.8 Å². The van der Waals surface area contributed by atoms with Crippen molar-refractivity contribution < 1.29 is 54.1 Å². The zero-order chi connectivity index (χ0) is 27.4. The number of ether oxygens (including phenoxy) is 4. The molecular formula is C26H32O11. The van der Waals surface area contributed by atoms with Gasteiger partial charge in [0, 0.05) is 35.6 Å². The number of ketones is 1. The van der Waals surface area contributed by atoms with Crippen molar-refractivity contribution in [3.63, 3.8) is 0 Å². The minimum absolute atomic E-state index is 0.0128. The van der Waals surface area contributed by atoms with Crippen LogP contribution < -0.4 is 9.47 Å². The smallest absolute Gasteiger partial charge is 0.302 e. The lowest BCUT2D eigenvalue weighted by Crippen LogP contribution is -2.60. The Balaban J connectivity index is 1.88. The molecule has 0 aliphatic carbocycles. The number of methoxy groups -OCH3 is 1. The first-order valence-electron chi connectivity index (χ1n) is 11.7. The van der Waals surface area contributed by atoms with Gasteiger partial charge in [-0.25, -0.2) is 0 Å². The highest BCUT2D eigenvalue weighted by atomic mass is 16.7. The number of carbonyl (C=O) groups is 2. The van der Waals surface area contributed by atoms with Crippen LogP contribution in [-0.2, 0) is 20.7 Å². The summed E-state index contributed by atoms with van der Waals surface area (Å²) in [7, 11) is 1.52. The number of benzene rings is 2. The predicted octanol–water partition coefficient (Wildman–Crippen LogP) is 1.29. The first-order valence-corrected chi connectivity index (χ1v) is 11.7. The molecule has 11 heteroatoms. The molecule has 0 aromatic heterocycles. The van der Waals surface area contributed by atoms with Crippen LogP contribution in [0.15, 0.2) is 24.3 Å². The summed E-state index contributed by atoms with van der Waals surface area (Å²) >= 11 is 0. The molecule has 1 aliphatic heterocycles. The van der Waals surface area contributed by atoms with Crippen LogP contribution in [0.25, 0.3) is 0 Å². The molecule has 1 aliphatic rings. The van der Waals surface area contributed by atoms with Gasteiger partial charge in [0.05, 0.1) is 7.11 Å². The van der Waals surface area contributed by atoms with Gasteiger partial charge in [0.15, 0.2) is 5.78 Å². The Morgan fingerprint density at radius 1 is 0.946 bits per heavy atom. The van der Waals surface area contributed by atoms with Crippen LogP contribution in [-0.4, -0.2) is 81.7 Å². The van der Waals surface area contributed by atoms with E-state index in [1.54, 1.807) is 24.3 Å². The number of hydrogen-bond acceptors (Lipinski definition) is 11. The number of aliphatic hydroxyl groups excluding tert-OH is 3. The van der Waals surface area contributed by atoms with E-state index in [2.05, 4.69) is 0 Å². The number of aromatic hydroxyl groups is 2. The summed E-state index contributed by atoms with van der Waals surface area (Å²) < 4.78 is 21.4. The number of phenols is 2. The maximum absolute atomic E-state index is 12.8. The van der Waals surface area contributed by atoms with Crippen LogP contribution in [0.1, 0.15) is 40.4 Å². The number of esters is 1. The quantitative estimate of drug-likeness (QED) is 0.238. The van der Waals surface area contributed by atoms with Gasteiger partial charge in [0.25, 0.3) is 0 Å². The molecule has 1 fully saturated rings. The van der Waals surface area contributed by atoms with Crippen LogP contribution in [0.3, 0.4) is 0 Å². The third-order valence-corrected chi connectivity index (χ3v) is 6.33. The van der Waals surface area contributed by atoms with E-state index in [-0.39, 0.29) is 52.6 Å². The molecule has 0 bridgehead atoms. The zero-order valence-corrected chi connectivity index (χ0v) is 21.0. The number of Topliss-reactive ketones (excluding diaryl/α,β-unsaturated/α-hetero) is 1. The molecule has 2 aromatic carbocycles. The molecule has 1 heterocycles. The first kappa shape index (κ1) is 28.2. The highest BCUT2D eigenvalue weighted by Gasteiger charge is 2.46. The van der Waals surface area contributed by atoms with Gasteiger partial charge in [-0.3, -0.25) is 9.59 Å². The van der Waals surface area contributed by atoms with E-state index in [1.807, 2.05) is 0 Å². The van der Waals surface area contributed by atoms with Gasteiger partial charge in [-0.15, -0.1) is 0 Å². The minimum Gasteiger partial charge on any atom is -0.507 e. The summed E-state index contributed by atoms with van der Waals surface area (Å²) in [4.78, 5) is 24.0. The summed E-state index contributed by atoms with van der Waals surface area (Å²) in [6, 6.07) is 6.55. The maximum Gasteiger partial charge on any atom is 0.302 e. The van der Waals surface area contributed by atoms with E-state index in [0.717, 1.165) is 6.92 Å². The summed E-state index contributed by atoms with van der Waals surface area (Å²) in [5, 5.41) is 52.3. The fraction of sp³-hybridized carbons (Fsp3) is 0.462. The average molecular weight is 521 g/mol. The van der Waals surface area contributed by atoms with Crippen LogP contribution >= 0.6 is 0 Å². The number of aliphatic hydroxyl groups is 3. The van der Waals surface area contributed by atoms with Crippen molar-refractivity contribution in [2.45, 2.75) is 64.3 Å². The number of carbonyl (C=O) groups excluding carboxylic acids is 2. The standard InChI is InChI=1S/C26H32O11/c1-12-20(29)13(2)25(37-26-24(33)23(32)22(31)19(36-26)11-35-14(3)27)17(21(12)30)9-10-18(28)15-5-7-16(34-4)8-6-15/h5-8,19,22-24,26,29-33H,9-11H2,1-4H3/t19-,22-,23+,24-,26+/m1/s1. The molecule has 0 spiro atoms. The molecule has 0 unspecified atom stereocenters. The number of phenolic OH excluding ortho intramolecular Hbond substituents is 2. The lowest BCUT2D eigenvalue weighted by molar-refractivity contribution is -0.278. The Morgan fingerprint density at radius 2 is 1.59 bits per heavy atom.